The van der Waals surface area contributed by atoms with Crippen LogP contribution in [-0.2, 0) is 16.3 Å². The second-order valence-electron chi connectivity index (χ2n) is 4.57. The Morgan fingerprint density at radius 2 is 1.58 bits per heavy atom. The molecule has 2 rings (SSSR count). The van der Waals surface area contributed by atoms with Crippen molar-refractivity contribution in [1.82, 2.24) is 0 Å². The molecule has 0 amide bonds. The molecule has 19 heavy (non-hydrogen) atoms. The van der Waals surface area contributed by atoms with E-state index in [-0.39, 0.29) is 5.75 Å². The fourth-order valence-corrected chi connectivity index (χ4v) is 3.01. The molecule has 0 aliphatic heterocycles. The van der Waals surface area contributed by atoms with Crippen LogP contribution in [-0.4, -0.2) is 14.2 Å². The fraction of sp³-hybridized carbons (Fsp3) is 0.188. The minimum Gasteiger partial charge on any atom is -0.224 e. The molecule has 3 heteroatoms. The van der Waals surface area contributed by atoms with Crippen molar-refractivity contribution < 1.29 is 8.42 Å². The summed E-state index contributed by atoms with van der Waals surface area (Å²) >= 11 is 0. The SMILES string of the molecule is Cc1ccc(S(=O)(=O)C[CH]Cc2ccccc2)cc1. The van der Waals surface area contributed by atoms with E-state index >= 15 is 0 Å². The van der Waals surface area contributed by atoms with E-state index in [1.54, 1.807) is 12.1 Å². The molecular weight excluding hydrogens is 256 g/mol. The molecule has 0 unspecified atom stereocenters. The van der Waals surface area contributed by atoms with E-state index in [1.807, 2.05) is 55.8 Å². The molecular formula is C16H17O2S. The van der Waals surface area contributed by atoms with Crippen molar-refractivity contribution >= 4 is 9.84 Å². The Hall–Kier alpha value is -1.61. The molecule has 99 valence electrons. The minimum absolute atomic E-state index is 0.0744. The minimum atomic E-state index is -3.20. The van der Waals surface area contributed by atoms with Gasteiger partial charge in [-0.25, -0.2) is 8.42 Å². The highest BCUT2D eigenvalue weighted by atomic mass is 32.2. The van der Waals surface area contributed by atoms with Crippen LogP contribution in [0.5, 0.6) is 0 Å². The summed E-state index contributed by atoms with van der Waals surface area (Å²) in [4.78, 5) is 0.391. The molecule has 0 fully saturated rings. The van der Waals surface area contributed by atoms with Crippen molar-refractivity contribution in [2.24, 2.45) is 0 Å². The first-order valence-electron chi connectivity index (χ1n) is 6.23. The third-order valence-corrected chi connectivity index (χ3v) is 4.61. The number of benzene rings is 2. The van der Waals surface area contributed by atoms with E-state index in [9.17, 15) is 8.42 Å². The fourth-order valence-electron chi connectivity index (χ4n) is 1.84. The molecule has 0 heterocycles. The third kappa shape index (κ3) is 3.93. The van der Waals surface area contributed by atoms with Crippen LogP contribution in [0.2, 0.25) is 0 Å². The van der Waals surface area contributed by atoms with Crippen LogP contribution in [0.1, 0.15) is 11.1 Å². The van der Waals surface area contributed by atoms with Crippen molar-refractivity contribution in [2.75, 3.05) is 5.75 Å². The Bertz CT molecular complexity index is 614. The van der Waals surface area contributed by atoms with Crippen molar-refractivity contribution in [1.29, 1.82) is 0 Å². The van der Waals surface area contributed by atoms with E-state index in [0.29, 0.717) is 11.3 Å². The molecule has 0 aliphatic carbocycles. The Labute approximate surface area is 115 Å². The highest BCUT2D eigenvalue weighted by Crippen LogP contribution is 2.13. The van der Waals surface area contributed by atoms with Crippen LogP contribution in [0.25, 0.3) is 0 Å². The molecule has 0 spiro atoms. The van der Waals surface area contributed by atoms with Crippen molar-refractivity contribution in [3.05, 3.63) is 72.1 Å². The summed E-state index contributed by atoms with van der Waals surface area (Å²) in [5, 5.41) is 0. The van der Waals surface area contributed by atoms with Gasteiger partial charge in [-0.05, 0) is 37.5 Å². The normalized spacial score (nSPS) is 11.4. The van der Waals surface area contributed by atoms with Crippen LogP contribution >= 0.6 is 0 Å². The molecule has 0 aliphatic rings. The summed E-state index contributed by atoms with van der Waals surface area (Å²) in [7, 11) is -3.20. The van der Waals surface area contributed by atoms with Gasteiger partial charge >= 0.3 is 0 Å². The van der Waals surface area contributed by atoms with Crippen LogP contribution in [0.3, 0.4) is 0 Å². The lowest BCUT2D eigenvalue weighted by atomic mass is 10.1. The smallest absolute Gasteiger partial charge is 0.178 e. The zero-order valence-corrected chi connectivity index (χ0v) is 11.7. The summed E-state index contributed by atoms with van der Waals surface area (Å²) in [6, 6.07) is 16.8. The zero-order valence-electron chi connectivity index (χ0n) is 10.9. The van der Waals surface area contributed by atoms with E-state index in [0.717, 1.165) is 11.1 Å². The van der Waals surface area contributed by atoms with Gasteiger partial charge in [0.2, 0.25) is 0 Å². The van der Waals surface area contributed by atoms with Gasteiger partial charge in [-0.2, -0.15) is 0 Å². The predicted octanol–water partition coefficient (Wildman–Crippen LogP) is 3.22. The van der Waals surface area contributed by atoms with Crippen LogP contribution < -0.4 is 0 Å². The molecule has 2 aromatic carbocycles. The van der Waals surface area contributed by atoms with E-state index in [1.165, 1.54) is 0 Å². The number of hydrogen-bond acceptors (Lipinski definition) is 2. The van der Waals surface area contributed by atoms with Gasteiger partial charge < -0.3 is 0 Å². The van der Waals surface area contributed by atoms with Crippen molar-refractivity contribution in [3.63, 3.8) is 0 Å². The first kappa shape index (κ1) is 13.8. The second kappa shape index (κ2) is 6.02. The van der Waals surface area contributed by atoms with Gasteiger partial charge in [0, 0.05) is 0 Å². The number of hydrogen-bond donors (Lipinski definition) is 0. The van der Waals surface area contributed by atoms with Crippen molar-refractivity contribution in [2.45, 2.75) is 18.2 Å². The molecule has 0 saturated carbocycles. The standard InChI is InChI=1S/C16H17O2S/c1-14-9-11-16(12-10-14)19(17,18)13-5-8-15-6-3-2-4-7-15/h2-7,9-12H,8,13H2,1H3. The first-order valence-corrected chi connectivity index (χ1v) is 7.88. The van der Waals surface area contributed by atoms with Gasteiger partial charge in [0.25, 0.3) is 0 Å². The monoisotopic (exact) mass is 273 g/mol. The van der Waals surface area contributed by atoms with Gasteiger partial charge in [-0.3, -0.25) is 0 Å². The zero-order chi connectivity index (χ0) is 13.7. The van der Waals surface area contributed by atoms with Gasteiger partial charge in [0.15, 0.2) is 9.84 Å². The summed E-state index contributed by atoms with van der Waals surface area (Å²) in [5.41, 5.74) is 2.19. The van der Waals surface area contributed by atoms with Gasteiger partial charge in [-0.1, -0.05) is 48.0 Å². The highest BCUT2D eigenvalue weighted by Gasteiger charge is 2.13. The highest BCUT2D eigenvalue weighted by molar-refractivity contribution is 7.91. The van der Waals surface area contributed by atoms with Crippen LogP contribution in [0.4, 0.5) is 0 Å². The molecule has 1 radical (unpaired) electrons. The van der Waals surface area contributed by atoms with E-state index in [2.05, 4.69) is 0 Å². The maximum absolute atomic E-state index is 12.1. The number of rotatable bonds is 5. The lowest BCUT2D eigenvalue weighted by Gasteiger charge is -2.05. The lowest BCUT2D eigenvalue weighted by Crippen LogP contribution is -2.08. The Morgan fingerprint density at radius 1 is 0.947 bits per heavy atom. The average molecular weight is 273 g/mol. The summed E-state index contributed by atoms with van der Waals surface area (Å²) in [5.74, 6) is 0.0744. The van der Waals surface area contributed by atoms with Crippen LogP contribution in [0, 0.1) is 13.3 Å². The summed E-state index contributed by atoms with van der Waals surface area (Å²) < 4.78 is 24.2. The molecule has 0 N–H and O–H groups in total. The second-order valence-corrected chi connectivity index (χ2v) is 6.61. The van der Waals surface area contributed by atoms with Gasteiger partial charge in [0.1, 0.15) is 0 Å². The lowest BCUT2D eigenvalue weighted by molar-refractivity contribution is 0.597. The number of sulfone groups is 1. The molecule has 0 saturated heterocycles. The van der Waals surface area contributed by atoms with Gasteiger partial charge in [0.05, 0.1) is 10.6 Å². The molecule has 0 bridgehead atoms. The summed E-state index contributed by atoms with van der Waals surface area (Å²) in [6.45, 7) is 1.94. The average Bonchev–Trinajstić information content (AvgIpc) is 2.40. The van der Waals surface area contributed by atoms with E-state index < -0.39 is 9.84 Å². The third-order valence-electron chi connectivity index (χ3n) is 2.94. The summed E-state index contributed by atoms with van der Waals surface area (Å²) in [6.07, 6.45) is 2.48. The van der Waals surface area contributed by atoms with Gasteiger partial charge in [-0.15, -0.1) is 0 Å². The predicted molar refractivity (Wildman–Crippen MR) is 77.7 cm³/mol. The topological polar surface area (TPSA) is 34.1 Å². The van der Waals surface area contributed by atoms with E-state index in [4.69, 9.17) is 0 Å². The Morgan fingerprint density at radius 3 is 2.21 bits per heavy atom. The molecule has 2 aromatic rings. The Balaban J connectivity index is 1.97. The molecule has 0 aromatic heterocycles. The largest absolute Gasteiger partial charge is 0.224 e. The maximum atomic E-state index is 12.1. The molecule has 2 nitrogen and oxygen atoms in total. The van der Waals surface area contributed by atoms with Crippen molar-refractivity contribution in [3.8, 4) is 0 Å². The molecule has 0 atom stereocenters. The van der Waals surface area contributed by atoms with Crippen LogP contribution in [0.15, 0.2) is 59.5 Å². The first-order chi connectivity index (χ1) is 9.08. The quantitative estimate of drug-likeness (QED) is 0.838. The maximum Gasteiger partial charge on any atom is 0.178 e. The Kier molecular flexibility index (Phi) is 4.38. The number of aryl methyl sites for hydroxylation is 1.